The number of hydrogen-bond donors (Lipinski definition) is 1. The summed E-state index contributed by atoms with van der Waals surface area (Å²) in [5.74, 6) is -0.438. The first-order chi connectivity index (χ1) is 12.7. The van der Waals surface area contributed by atoms with Gasteiger partial charge in [0.2, 0.25) is 5.91 Å². The molecule has 1 fully saturated rings. The summed E-state index contributed by atoms with van der Waals surface area (Å²) in [7, 11) is 0. The van der Waals surface area contributed by atoms with E-state index >= 15 is 0 Å². The second kappa shape index (κ2) is 9.22. The van der Waals surface area contributed by atoms with E-state index in [1.807, 2.05) is 12.1 Å². The van der Waals surface area contributed by atoms with Gasteiger partial charge in [-0.1, -0.05) is 18.2 Å². The number of carbonyl (C=O) groups is 1. The fourth-order valence-corrected chi connectivity index (χ4v) is 2.93. The van der Waals surface area contributed by atoms with Gasteiger partial charge >= 0.3 is 0 Å². The highest BCUT2D eigenvalue weighted by molar-refractivity contribution is 5.91. The largest absolute Gasteiger partial charge is 0.379 e. The van der Waals surface area contributed by atoms with E-state index in [2.05, 4.69) is 15.2 Å². The first kappa shape index (κ1) is 18.2. The third-order valence-corrected chi connectivity index (χ3v) is 4.32. The van der Waals surface area contributed by atoms with Crippen molar-refractivity contribution in [3.05, 3.63) is 71.8 Å². The second-order valence-corrected chi connectivity index (χ2v) is 6.08. The molecule has 0 aliphatic carbocycles. The summed E-state index contributed by atoms with van der Waals surface area (Å²) < 4.78 is 18.7. The molecule has 1 atom stereocenters. The third-order valence-electron chi connectivity index (χ3n) is 4.32. The lowest BCUT2D eigenvalue weighted by Gasteiger charge is -2.34. The minimum Gasteiger partial charge on any atom is -0.379 e. The van der Waals surface area contributed by atoms with Gasteiger partial charge in [0.1, 0.15) is 5.82 Å². The van der Waals surface area contributed by atoms with E-state index in [0.717, 1.165) is 24.2 Å². The van der Waals surface area contributed by atoms with Crippen LogP contribution < -0.4 is 5.32 Å². The van der Waals surface area contributed by atoms with Crippen LogP contribution in [-0.2, 0) is 9.53 Å². The molecular formula is C20H22FN3O2. The third kappa shape index (κ3) is 5.21. The summed E-state index contributed by atoms with van der Waals surface area (Å²) in [6, 6.07) is 10.1. The number of halogens is 1. The van der Waals surface area contributed by atoms with Crippen molar-refractivity contribution in [3.8, 4) is 0 Å². The van der Waals surface area contributed by atoms with Crippen LogP contribution in [0.15, 0.2) is 54.9 Å². The van der Waals surface area contributed by atoms with Crippen LogP contribution in [0.1, 0.15) is 17.2 Å². The summed E-state index contributed by atoms with van der Waals surface area (Å²) in [5.41, 5.74) is 1.84. The van der Waals surface area contributed by atoms with Crippen LogP contribution >= 0.6 is 0 Å². The first-order valence-corrected chi connectivity index (χ1v) is 8.65. The Morgan fingerprint density at radius 1 is 1.27 bits per heavy atom. The number of pyridine rings is 1. The molecule has 1 aromatic heterocycles. The van der Waals surface area contributed by atoms with Gasteiger partial charge in [-0.05, 0) is 35.4 Å². The van der Waals surface area contributed by atoms with Crippen LogP contribution in [0.2, 0.25) is 0 Å². The maximum Gasteiger partial charge on any atom is 0.244 e. The molecule has 0 bridgehead atoms. The van der Waals surface area contributed by atoms with Crippen molar-refractivity contribution >= 4 is 12.0 Å². The number of nitrogens with one attached hydrogen (secondary N) is 1. The van der Waals surface area contributed by atoms with Crippen LogP contribution in [-0.4, -0.2) is 48.6 Å². The Bertz CT molecular complexity index is 728. The molecule has 136 valence electrons. The zero-order chi connectivity index (χ0) is 18.2. The highest BCUT2D eigenvalue weighted by Gasteiger charge is 2.23. The molecule has 0 saturated carbocycles. The zero-order valence-electron chi connectivity index (χ0n) is 14.5. The molecule has 1 aliphatic heterocycles. The molecule has 1 unspecified atom stereocenters. The van der Waals surface area contributed by atoms with Gasteiger partial charge in [0.25, 0.3) is 0 Å². The van der Waals surface area contributed by atoms with Gasteiger partial charge in [0.15, 0.2) is 0 Å². The molecule has 26 heavy (non-hydrogen) atoms. The molecule has 1 saturated heterocycles. The number of hydrogen-bond acceptors (Lipinski definition) is 4. The van der Waals surface area contributed by atoms with Crippen molar-refractivity contribution in [3.63, 3.8) is 0 Å². The lowest BCUT2D eigenvalue weighted by Crippen LogP contribution is -2.43. The van der Waals surface area contributed by atoms with Gasteiger partial charge in [0, 0.05) is 38.1 Å². The monoisotopic (exact) mass is 355 g/mol. The average Bonchev–Trinajstić information content (AvgIpc) is 2.69. The number of benzene rings is 1. The van der Waals surface area contributed by atoms with Crippen LogP contribution in [0.5, 0.6) is 0 Å². The Balaban J connectivity index is 1.64. The minimum absolute atomic E-state index is 0.0183. The van der Waals surface area contributed by atoms with E-state index in [0.29, 0.717) is 19.8 Å². The lowest BCUT2D eigenvalue weighted by molar-refractivity contribution is -0.116. The van der Waals surface area contributed by atoms with E-state index in [4.69, 9.17) is 4.74 Å². The molecule has 6 heteroatoms. The maximum absolute atomic E-state index is 13.3. The summed E-state index contributed by atoms with van der Waals surface area (Å²) in [4.78, 5) is 18.4. The Morgan fingerprint density at radius 2 is 2.04 bits per heavy atom. The maximum atomic E-state index is 13.3. The smallest absolute Gasteiger partial charge is 0.244 e. The van der Waals surface area contributed by atoms with Crippen molar-refractivity contribution in [2.75, 3.05) is 32.8 Å². The van der Waals surface area contributed by atoms with Gasteiger partial charge in [0.05, 0.1) is 19.3 Å². The summed E-state index contributed by atoms with van der Waals surface area (Å²) >= 11 is 0. The van der Waals surface area contributed by atoms with Crippen LogP contribution in [0, 0.1) is 5.82 Å². The number of amides is 1. The number of morpholine rings is 1. The molecule has 1 aromatic carbocycles. The SMILES string of the molecule is O=C(/C=C/c1cccnc1)NCC(c1ccc(F)cc1)N1CCOCC1. The quantitative estimate of drug-likeness (QED) is 0.809. The molecule has 3 rings (SSSR count). The van der Waals surface area contributed by atoms with E-state index in [9.17, 15) is 9.18 Å². The fourth-order valence-electron chi connectivity index (χ4n) is 2.93. The summed E-state index contributed by atoms with van der Waals surface area (Å²) in [6.07, 6.45) is 6.61. The highest BCUT2D eigenvalue weighted by atomic mass is 19.1. The number of nitrogens with zero attached hydrogens (tertiary/aromatic N) is 2. The van der Waals surface area contributed by atoms with Crippen molar-refractivity contribution in [2.45, 2.75) is 6.04 Å². The van der Waals surface area contributed by atoms with Crippen molar-refractivity contribution in [1.82, 2.24) is 15.2 Å². The molecule has 1 amide bonds. The molecule has 2 aromatic rings. The van der Waals surface area contributed by atoms with E-state index in [1.165, 1.54) is 18.2 Å². The summed E-state index contributed by atoms with van der Waals surface area (Å²) in [5, 5.41) is 2.94. The number of carbonyl (C=O) groups excluding carboxylic acids is 1. The van der Waals surface area contributed by atoms with Gasteiger partial charge in [-0.3, -0.25) is 14.7 Å². The second-order valence-electron chi connectivity index (χ2n) is 6.08. The highest BCUT2D eigenvalue weighted by Crippen LogP contribution is 2.21. The average molecular weight is 355 g/mol. The number of aromatic nitrogens is 1. The van der Waals surface area contributed by atoms with Crippen molar-refractivity contribution in [2.24, 2.45) is 0 Å². The zero-order valence-corrected chi connectivity index (χ0v) is 14.5. The molecule has 0 radical (unpaired) electrons. The van der Waals surface area contributed by atoms with Crippen LogP contribution in [0.3, 0.4) is 0 Å². The molecule has 0 spiro atoms. The van der Waals surface area contributed by atoms with E-state index in [-0.39, 0.29) is 17.8 Å². The number of ether oxygens (including phenoxy) is 1. The topological polar surface area (TPSA) is 54.5 Å². The lowest BCUT2D eigenvalue weighted by atomic mass is 10.0. The first-order valence-electron chi connectivity index (χ1n) is 8.65. The predicted molar refractivity (Wildman–Crippen MR) is 97.8 cm³/mol. The van der Waals surface area contributed by atoms with Crippen LogP contribution in [0.4, 0.5) is 4.39 Å². The van der Waals surface area contributed by atoms with Crippen molar-refractivity contribution in [1.29, 1.82) is 0 Å². The predicted octanol–water partition coefficient (Wildman–Crippen LogP) is 2.42. The Morgan fingerprint density at radius 3 is 2.73 bits per heavy atom. The van der Waals surface area contributed by atoms with Gasteiger partial charge in [-0.15, -0.1) is 0 Å². The van der Waals surface area contributed by atoms with Crippen molar-refractivity contribution < 1.29 is 13.9 Å². The summed E-state index contributed by atoms with van der Waals surface area (Å²) in [6.45, 7) is 3.33. The fraction of sp³-hybridized carbons (Fsp3) is 0.300. The van der Waals surface area contributed by atoms with Gasteiger partial charge < -0.3 is 10.1 Å². The number of rotatable bonds is 6. The standard InChI is InChI=1S/C20H22FN3O2/c21-18-6-4-17(5-7-18)19(24-10-12-26-13-11-24)15-23-20(25)8-3-16-2-1-9-22-14-16/h1-9,14,19H,10-13,15H2,(H,23,25)/b8-3+. The normalized spacial score (nSPS) is 16.5. The molecule has 1 aliphatic rings. The van der Waals surface area contributed by atoms with E-state index < -0.39 is 0 Å². The Hall–Kier alpha value is -2.57. The molecular weight excluding hydrogens is 333 g/mol. The molecule has 2 heterocycles. The minimum atomic E-state index is -0.266. The van der Waals surface area contributed by atoms with E-state index in [1.54, 1.807) is 30.6 Å². The molecule has 1 N–H and O–H groups in total. The van der Waals surface area contributed by atoms with Gasteiger partial charge in [-0.25, -0.2) is 4.39 Å². The molecule has 5 nitrogen and oxygen atoms in total. The van der Waals surface area contributed by atoms with Gasteiger partial charge in [-0.2, -0.15) is 0 Å². The Labute approximate surface area is 152 Å². The Kier molecular flexibility index (Phi) is 6.46. The van der Waals surface area contributed by atoms with Crippen LogP contribution in [0.25, 0.3) is 6.08 Å².